The van der Waals surface area contributed by atoms with Gasteiger partial charge in [0.2, 0.25) is 18.6 Å². The maximum absolute atomic E-state index is 12.1. The van der Waals surface area contributed by atoms with Crippen molar-refractivity contribution in [2.75, 3.05) is 6.79 Å². The lowest BCUT2D eigenvalue weighted by molar-refractivity contribution is -0.129. The third-order valence-corrected chi connectivity index (χ3v) is 4.02. The third kappa shape index (κ3) is 3.26. The summed E-state index contributed by atoms with van der Waals surface area (Å²) in [5, 5.41) is 6.73. The Kier molecular flexibility index (Phi) is 3.98. The van der Waals surface area contributed by atoms with E-state index in [1.807, 2.05) is 18.2 Å². The first-order valence-electron chi connectivity index (χ1n) is 7.87. The third-order valence-electron chi connectivity index (χ3n) is 4.02. The SMILES string of the molecule is O=C1CCC(C(=O)NCc2cc(-c3ccc4c(c3)OCO4)on2)NN1. The quantitative estimate of drug-likeness (QED) is 0.738. The number of aromatic nitrogens is 1. The van der Waals surface area contributed by atoms with Gasteiger partial charge in [-0.3, -0.25) is 15.0 Å². The van der Waals surface area contributed by atoms with Crippen LogP contribution in [0.15, 0.2) is 28.8 Å². The lowest BCUT2D eigenvalue weighted by Gasteiger charge is -2.22. The smallest absolute Gasteiger partial charge is 0.239 e. The summed E-state index contributed by atoms with van der Waals surface area (Å²) in [4.78, 5) is 23.1. The van der Waals surface area contributed by atoms with E-state index in [-0.39, 0.29) is 25.2 Å². The molecule has 2 aromatic rings. The second-order valence-electron chi connectivity index (χ2n) is 5.75. The van der Waals surface area contributed by atoms with Crippen LogP contribution in [0.3, 0.4) is 0 Å². The molecule has 1 atom stereocenters. The number of fused-ring (bicyclic) bond motifs is 1. The Hall–Kier alpha value is -3.07. The van der Waals surface area contributed by atoms with E-state index < -0.39 is 6.04 Å². The highest BCUT2D eigenvalue weighted by molar-refractivity contribution is 5.85. The van der Waals surface area contributed by atoms with Crippen molar-refractivity contribution in [1.29, 1.82) is 0 Å². The van der Waals surface area contributed by atoms with Crippen LogP contribution in [-0.2, 0) is 16.1 Å². The molecule has 3 heterocycles. The monoisotopic (exact) mass is 344 g/mol. The van der Waals surface area contributed by atoms with Gasteiger partial charge in [-0.05, 0) is 24.6 Å². The van der Waals surface area contributed by atoms with Crippen molar-refractivity contribution >= 4 is 11.8 Å². The van der Waals surface area contributed by atoms with E-state index >= 15 is 0 Å². The molecular formula is C16H16N4O5. The molecule has 1 saturated heterocycles. The number of carbonyl (C=O) groups excluding carboxylic acids is 2. The van der Waals surface area contributed by atoms with Crippen LogP contribution in [0.1, 0.15) is 18.5 Å². The van der Waals surface area contributed by atoms with E-state index in [1.54, 1.807) is 6.07 Å². The van der Waals surface area contributed by atoms with E-state index in [2.05, 4.69) is 21.3 Å². The van der Waals surface area contributed by atoms with Gasteiger partial charge in [-0.25, -0.2) is 5.43 Å². The molecule has 0 radical (unpaired) electrons. The summed E-state index contributed by atoms with van der Waals surface area (Å²) >= 11 is 0. The Balaban J connectivity index is 1.37. The molecule has 1 unspecified atom stereocenters. The number of nitrogens with zero attached hydrogens (tertiary/aromatic N) is 1. The van der Waals surface area contributed by atoms with Gasteiger partial charge in [0.25, 0.3) is 0 Å². The molecule has 1 aromatic heterocycles. The van der Waals surface area contributed by atoms with E-state index in [0.717, 1.165) is 5.56 Å². The molecular weight excluding hydrogens is 328 g/mol. The first-order valence-corrected chi connectivity index (χ1v) is 7.87. The molecule has 9 nitrogen and oxygen atoms in total. The Morgan fingerprint density at radius 3 is 3.00 bits per heavy atom. The summed E-state index contributed by atoms with van der Waals surface area (Å²) in [7, 11) is 0. The lowest BCUT2D eigenvalue weighted by Crippen LogP contribution is -2.55. The van der Waals surface area contributed by atoms with E-state index in [0.29, 0.717) is 35.8 Å². The fraction of sp³-hybridized carbons (Fsp3) is 0.312. The zero-order valence-electron chi connectivity index (χ0n) is 13.2. The number of carbonyl (C=O) groups is 2. The summed E-state index contributed by atoms with van der Waals surface area (Å²) in [6.07, 6.45) is 0.780. The lowest BCUT2D eigenvalue weighted by atomic mass is 10.1. The zero-order chi connectivity index (χ0) is 17.2. The summed E-state index contributed by atoms with van der Waals surface area (Å²) < 4.78 is 16.0. The molecule has 0 saturated carbocycles. The summed E-state index contributed by atoms with van der Waals surface area (Å²) in [5.41, 5.74) is 6.54. The van der Waals surface area contributed by atoms with Gasteiger partial charge >= 0.3 is 0 Å². The summed E-state index contributed by atoms with van der Waals surface area (Å²) in [6.45, 7) is 0.446. The number of ether oxygens (including phenoxy) is 2. The highest BCUT2D eigenvalue weighted by Gasteiger charge is 2.24. The zero-order valence-corrected chi connectivity index (χ0v) is 13.2. The van der Waals surface area contributed by atoms with Crippen LogP contribution in [0.4, 0.5) is 0 Å². The van der Waals surface area contributed by atoms with Crippen LogP contribution in [0.2, 0.25) is 0 Å². The van der Waals surface area contributed by atoms with Gasteiger partial charge < -0.3 is 19.3 Å². The number of hydrogen-bond donors (Lipinski definition) is 3. The molecule has 130 valence electrons. The van der Waals surface area contributed by atoms with Gasteiger partial charge in [0.1, 0.15) is 11.7 Å². The second kappa shape index (κ2) is 6.44. The molecule has 0 aliphatic carbocycles. The summed E-state index contributed by atoms with van der Waals surface area (Å²) in [6, 6.07) is 6.79. The van der Waals surface area contributed by atoms with Crippen LogP contribution >= 0.6 is 0 Å². The Morgan fingerprint density at radius 2 is 2.16 bits per heavy atom. The molecule has 4 rings (SSSR count). The van der Waals surface area contributed by atoms with Crippen LogP contribution in [0.25, 0.3) is 11.3 Å². The van der Waals surface area contributed by atoms with Gasteiger partial charge in [-0.15, -0.1) is 0 Å². The Bertz CT molecular complexity index is 809. The van der Waals surface area contributed by atoms with Gasteiger partial charge in [0.05, 0.1) is 6.54 Å². The first-order chi connectivity index (χ1) is 12.2. The van der Waals surface area contributed by atoms with Crippen molar-refractivity contribution in [3.8, 4) is 22.8 Å². The van der Waals surface area contributed by atoms with Crippen molar-refractivity contribution in [3.05, 3.63) is 30.0 Å². The van der Waals surface area contributed by atoms with Crippen LogP contribution in [-0.4, -0.2) is 29.8 Å². The number of benzene rings is 1. The normalized spacial score (nSPS) is 18.7. The van der Waals surface area contributed by atoms with E-state index in [4.69, 9.17) is 14.0 Å². The fourth-order valence-corrected chi connectivity index (χ4v) is 2.66. The maximum atomic E-state index is 12.1. The van der Waals surface area contributed by atoms with Crippen molar-refractivity contribution < 1.29 is 23.6 Å². The predicted molar refractivity (Wildman–Crippen MR) is 84.2 cm³/mol. The molecule has 9 heteroatoms. The molecule has 3 N–H and O–H groups in total. The highest BCUT2D eigenvalue weighted by Crippen LogP contribution is 2.35. The fourth-order valence-electron chi connectivity index (χ4n) is 2.66. The van der Waals surface area contributed by atoms with Crippen LogP contribution < -0.4 is 25.6 Å². The molecule has 2 aliphatic heterocycles. The first kappa shape index (κ1) is 15.5. The van der Waals surface area contributed by atoms with Crippen molar-refractivity contribution in [2.45, 2.75) is 25.4 Å². The molecule has 0 bridgehead atoms. The minimum absolute atomic E-state index is 0.117. The average molecular weight is 344 g/mol. The Labute approximate surface area is 142 Å². The van der Waals surface area contributed by atoms with Crippen LogP contribution in [0, 0.1) is 0 Å². The minimum Gasteiger partial charge on any atom is -0.454 e. The van der Waals surface area contributed by atoms with E-state index in [1.165, 1.54) is 0 Å². The van der Waals surface area contributed by atoms with Gasteiger partial charge in [-0.1, -0.05) is 5.16 Å². The van der Waals surface area contributed by atoms with E-state index in [9.17, 15) is 9.59 Å². The summed E-state index contributed by atoms with van der Waals surface area (Å²) in [5.74, 6) is 1.61. The molecule has 1 fully saturated rings. The van der Waals surface area contributed by atoms with Crippen molar-refractivity contribution in [2.24, 2.45) is 0 Å². The van der Waals surface area contributed by atoms with Gasteiger partial charge in [-0.2, -0.15) is 0 Å². The molecule has 25 heavy (non-hydrogen) atoms. The topological polar surface area (TPSA) is 115 Å². The number of amides is 2. The minimum atomic E-state index is -0.446. The predicted octanol–water partition coefficient (Wildman–Crippen LogP) is 0.470. The second-order valence-corrected chi connectivity index (χ2v) is 5.75. The standard InChI is InChI=1S/C16H16N4O5/c21-15-4-2-11(18-19-15)16(22)17-7-10-6-13(25-20-10)9-1-3-12-14(5-9)24-8-23-12/h1,3,5-6,11,18H,2,4,7-8H2,(H,17,22)(H,19,21). The highest BCUT2D eigenvalue weighted by atomic mass is 16.7. The number of hydrogen-bond acceptors (Lipinski definition) is 7. The maximum Gasteiger partial charge on any atom is 0.239 e. The molecule has 1 aromatic carbocycles. The molecule has 2 amide bonds. The molecule has 0 spiro atoms. The number of rotatable bonds is 4. The molecule has 2 aliphatic rings. The largest absolute Gasteiger partial charge is 0.454 e. The number of nitrogens with one attached hydrogen (secondary N) is 3. The van der Waals surface area contributed by atoms with Crippen LogP contribution in [0.5, 0.6) is 11.5 Å². The van der Waals surface area contributed by atoms with Gasteiger partial charge in [0.15, 0.2) is 17.3 Å². The van der Waals surface area contributed by atoms with Crippen molar-refractivity contribution in [1.82, 2.24) is 21.3 Å². The van der Waals surface area contributed by atoms with Gasteiger partial charge in [0, 0.05) is 18.1 Å². The van der Waals surface area contributed by atoms with Crippen molar-refractivity contribution in [3.63, 3.8) is 0 Å². The average Bonchev–Trinajstić information content (AvgIpc) is 3.28. The number of hydrazine groups is 1. The Morgan fingerprint density at radius 1 is 1.28 bits per heavy atom.